The first kappa shape index (κ1) is 11.1. The number of aromatic nitrogens is 2. The maximum atomic E-state index is 4.07. The predicted molar refractivity (Wildman–Crippen MR) is 64.5 cm³/mol. The lowest BCUT2D eigenvalue weighted by molar-refractivity contribution is 1.22. The van der Waals surface area contributed by atoms with Gasteiger partial charge in [0.15, 0.2) is 0 Å². The molecule has 0 fully saturated rings. The summed E-state index contributed by atoms with van der Waals surface area (Å²) in [5.41, 5.74) is 0.998. The van der Waals surface area contributed by atoms with Gasteiger partial charge in [-0.3, -0.25) is 0 Å². The van der Waals surface area contributed by atoms with Crippen LogP contribution < -0.4 is 0 Å². The highest BCUT2D eigenvalue weighted by Gasteiger charge is 1.87. The molecule has 1 aromatic carbocycles. The van der Waals surface area contributed by atoms with Gasteiger partial charge in [0.25, 0.3) is 0 Å². The average molecular weight is 198 g/mol. The molecular formula is C13H14N2. The Labute approximate surface area is 90.0 Å². The normalized spacial score (nSPS) is 9.67. The molecule has 0 saturated carbocycles. The van der Waals surface area contributed by atoms with E-state index in [4.69, 9.17) is 0 Å². The average Bonchev–Trinajstić information content (AvgIpc) is 2.31. The molecule has 0 amide bonds. The number of fused-ring (bicyclic) bond motifs is 1. The van der Waals surface area contributed by atoms with Gasteiger partial charge in [-0.15, -0.1) is 0 Å². The molecule has 0 aliphatic rings. The lowest BCUT2D eigenvalue weighted by Crippen LogP contribution is -1.77. The molecule has 1 aromatic heterocycles. The molecule has 0 aliphatic heterocycles. The fourth-order valence-corrected chi connectivity index (χ4v) is 1.06. The van der Waals surface area contributed by atoms with E-state index in [1.54, 1.807) is 12.4 Å². The molecule has 0 saturated heterocycles. The molecule has 2 heteroatoms. The van der Waals surface area contributed by atoms with Crippen LogP contribution in [-0.2, 0) is 0 Å². The van der Waals surface area contributed by atoms with E-state index in [0.717, 1.165) is 10.9 Å². The lowest BCUT2D eigenvalue weighted by Gasteiger charge is -1.90. The van der Waals surface area contributed by atoms with Crippen LogP contribution in [0.15, 0.2) is 61.6 Å². The number of allylic oxidation sites excluding steroid dienone is 3. The standard InChI is InChI=1S/C8H6N2.C5H8/c1-2-4-8-7(3-1)5-9-6-10-8;1-3-5-4-2/h1-6H;3-5H,1H2,2H3. The Morgan fingerprint density at radius 1 is 1.27 bits per heavy atom. The second-order valence-electron chi connectivity index (χ2n) is 2.84. The van der Waals surface area contributed by atoms with Gasteiger partial charge in [0.1, 0.15) is 6.33 Å². The summed E-state index contributed by atoms with van der Waals surface area (Å²) in [7, 11) is 0. The SMILES string of the molecule is C=CC=CC.c1ccc2ncncc2c1. The van der Waals surface area contributed by atoms with Crippen molar-refractivity contribution in [1.82, 2.24) is 9.97 Å². The highest BCUT2D eigenvalue weighted by molar-refractivity contribution is 5.76. The predicted octanol–water partition coefficient (Wildman–Crippen LogP) is 3.38. The summed E-state index contributed by atoms with van der Waals surface area (Å²) in [5, 5.41) is 1.09. The number of para-hydroxylation sites is 1. The van der Waals surface area contributed by atoms with Gasteiger partial charge in [-0.1, -0.05) is 43.0 Å². The third kappa shape index (κ3) is 3.73. The van der Waals surface area contributed by atoms with E-state index in [2.05, 4.69) is 16.5 Å². The van der Waals surface area contributed by atoms with Crippen molar-refractivity contribution in [1.29, 1.82) is 0 Å². The Bertz CT molecular complexity index is 381. The quantitative estimate of drug-likeness (QED) is 0.656. The molecule has 15 heavy (non-hydrogen) atoms. The molecule has 0 spiro atoms. The number of nitrogens with zero attached hydrogens (tertiary/aromatic N) is 2. The van der Waals surface area contributed by atoms with Crippen LogP contribution in [0.25, 0.3) is 10.9 Å². The summed E-state index contributed by atoms with van der Waals surface area (Å²) in [6, 6.07) is 7.91. The molecule has 0 aliphatic carbocycles. The third-order valence-corrected chi connectivity index (χ3v) is 1.74. The molecule has 1 heterocycles. The summed E-state index contributed by atoms with van der Waals surface area (Å²) < 4.78 is 0. The van der Waals surface area contributed by atoms with Crippen molar-refractivity contribution in [2.24, 2.45) is 0 Å². The van der Waals surface area contributed by atoms with Crippen molar-refractivity contribution in [3.8, 4) is 0 Å². The van der Waals surface area contributed by atoms with E-state index in [9.17, 15) is 0 Å². The van der Waals surface area contributed by atoms with Gasteiger partial charge >= 0.3 is 0 Å². The highest BCUT2D eigenvalue weighted by Crippen LogP contribution is 2.06. The van der Waals surface area contributed by atoms with Crippen LogP contribution in [0.5, 0.6) is 0 Å². The topological polar surface area (TPSA) is 25.8 Å². The van der Waals surface area contributed by atoms with Crippen LogP contribution in [0, 0.1) is 0 Å². The third-order valence-electron chi connectivity index (χ3n) is 1.74. The molecule has 2 rings (SSSR count). The maximum absolute atomic E-state index is 4.07. The first-order valence-corrected chi connectivity index (χ1v) is 4.77. The summed E-state index contributed by atoms with van der Waals surface area (Å²) in [5.74, 6) is 0. The molecule has 0 atom stereocenters. The zero-order valence-electron chi connectivity index (χ0n) is 8.80. The molecule has 76 valence electrons. The summed E-state index contributed by atoms with van der Waals surface area (Å²) in [6.07, 6.45) is 8.94. The summed E-state index contributed by atoms with van der Waals surface area (Å²) in [6.45, 7) is 5.42. The molecule has 0 unspecified atom stereocenters. The maximum Gasteiger partial charge on any atom is 0.116 e. The van der Waals surface area contributed by atoms with E-state index >= 15 is 0 Å². The fourth-order valence-electron chi connectivity index (χ4n) is 1.06. The van der Waals surface area contributed by atoms with Crippen molar-refractivity contribution in [2.75, 3.05) is 0 Å². The van der Waals surface area contributed by atoms with Gasteiger partial charge in [-0.25, -0.2) is 9.97 Å². The van der Waals surface area contributed by atoms with Gasteiger partial charge < -0.3 is 0 Å². The molecule has 0 bridgehead atoms. The molecule has 0 radical (unpaired) electrons. The minimum atomic E-state index is 0.998. The number of benzene rings is 1. The Morgan fingerprint density at radius 3 is 2.67 bits per heavy atom. The van der Waals surface area contributed by atoms with Gasteiger partial charge in [-0.05, 0) is 13.0 Å². The van der Waals surface area contributed by atoms with Crippen LogP contribution in [0.4, 0.5) is 0 Å². The highest BCUT2D eigenvalue weighted by atomic mass is 14.8. The molecule has 2 aromatic rings. The van der Waals surface area contributed by atoms with Crippen LogP contribution in [-0.4, -0.2) is 9.97 Å². The van der Waals surface area contributed by atoms with Crippen molar-refractivity contribution in [2.45, 2.75) is 6.92 Å². The minimum Gasteiger partial charge on any atom is -0.244 e. The Kier molecular flexibility index (Phi) is 4.81. The Morgan fingerprint density at radius 2 is 2.07 bits per heavy atom. The summed E-state index contributed by atoms with van der Waals surface area (Å²) >= 11 is 0. The van der Waals surface area contributed by atoms with Crippen LogP contribution in [0.1, 0.15) is 6.92 Å². The van der Waals surface area contributed by atoms with Crippen molar-refractivity contribution in [3.63, 3.8) is 0 Å². The van der Waals surface area contributed by atoms with E-state index in [-0.39, 0.29) is 0 Å². The van der Waals surface area contributed by atoms with Crippen molar-refractivity contribution in [3.05, 3.63) is 61.6 Å². The zero-order valence-corrected chi connectivity index (χ0v) is 8.80. The van der Waals surface area contributed by atoms with E-state index in [0.29, 0.717) is 0 Å². The Balaban J connectivity index is 0.000000195. The monoisotopic (exact) mass is 198 g/mol. The van der Waals surface area contributed by atoms with Crippen LogP contribution in [0.3, 0.4) is 0 Å². The van der Waals surface area contributed by atoms with Crippen molar-refractivity contribution >= 4 is 10.9 Å². The van der Waals surface area contributed by atoms with E-state index in [1.165, 1.54) is 0 Å². The van der Waals surface area contributed by atoms with E-state index in [1.807, 2.05) is 49.5 Å². The van der Waals surface area contributed by atoms with E-state index < -0.39 is 0 Å². The number of rotatable bonds is 1. The molecule has 2 nitrogen and oxygen atoms in total. The summed E-state index contributed by atoms with van der Waals surface area (Å²) in [4.78, 5) is 7.97. The second kappa shape index (κ2) is 6.49. The smallest absolute Gasteiger partial charge is 0.116 e. The van der Waals surface area contributed by atoms with Gasteiger partial charge in [-0.2, -0.15) is 0 Å². The fraction of sp³-hybridized carbons (Fsp3) is 0.0769. The lowest BCUT2D eigenvalue weighted by atomic mass is 10.2. The first-order chi connectivity index (χ1) is 7.38. The number of hydrogen-bond donors (Lipinski definition) is 0. The van der Waals surface area contributed by atoms with Gasteiger partial charge in [0.05, 0.1) is 5.52 Å². The molecule has 0 N–H and O–H groups in total. The van der Waals surface area contributed by atoms with Crippen molar-refractivity contribution < 1.29 is 0 Å². The van der Waals surface area contributed by atoms with Gasteiger partial charge in [0, 0.05) is 11.6 Å². The zero-order chi connectivity index (χ0) is 10.9. The van der Waals surface area contributed by atoms with Crippen LogP contribution in [0.2, 0.25) is 0 Å². The number of hydrogen-bond acceptors (Lipinski definition) is 2. The first-order valence-electron chi connectivity index (χ1n) is 4.77. The van der Waals surface area contributed by atoms with Gasteiger partial charge in [0.2, 0.25) is 0 Å². The minimum absolute atomic E-state index is 0.998. The Hall–Kier alpha value is -1.96. The second-order valence-corrected chi connectivity index (χ2v) is 2.84. The largest absolute Gasteiger partial charge is 0.244 e. The van der Waals surface area contributed by atoms with Crippen LogP contribution >= 0.6 is 0 Å². The molecular weight excluding hydrogens is 184 g/mol.